The van der Waals surface area contributed by atoms with Gasteiger partial charge in [-0.2, -0.15) is 0 Å². The molecule has 0 fully saturated rings. The average Bonchev–Trinajstić information content (AvgIpc) is 3.15. The highest BCUT2D eigenvalue weighted by atomic mass is 32.2. The van der Waals surface area contributed by atoms with Crippen LogP contribution in [0, 0.1) is 0 Å². The topological polar surface area (TPSA) is 67.2 Å². The molecular formula is C18H15N3O2S. The molecule has 2 heterocycles. The van der Waals surface area contributed by atoms with Crippen molar-refractivity contribution < 1.29 is 8.42 Å². The van der Waals surface area contributed by atoms with Gasteiger partial charge in [-0.3, -0.25) is 4.40 Å². The standard InChI is InChI=1S/C18H15N3O2S/c1-24(22,23)15-9-7-14(8-10-15)17-16(13-5-3-2-4-6-13)20-18-19-11-12-21(17)18/h2-12H,1H3,(H,19,20). The first-order chi connectivity index (χ1) is 11.5. The molecule has 6 heteroatoms. The molecule has 2 aromatic heterocycles. The summed E-state index contributed by atoms with van der Waals surface area (Å²) in [5, 5.41) is 0. The van der Waals surface area contributed by atoms with Crippen molar-refractivity contribution in [1.82, 2.24) is 14.4 Å². The van der Waals surface area contributed by atoms with Gasteiger partial charge in [-0.25, -0.2) is 13.4 Å². The molecule has 0 unspecified atom stereocenters. The van der Waals surface area contributed by atoms with E-state index in [4.69, 9.17) is 0 Å². The first-order valence-electron chi connectivity index (χ1n) is 7.45. The van der Waals surface area contributed by atoms with Crippen molar-refractivity contribution in [3.8, 4) is 22.5 Å². The molecule has 0 amide bonds. The third-order valence-corrected chi connectivity index (χ3v) is 5.10. The number of fused-ring (bicyclic) bond motifs is 1. The summed E-state index contributed by atoms with van der Waals surface area (Å²) in [5.41, 5.74) is 3.87. The molecule has 2 aromatic carbocycles. The van der Waals surface area contributed by atoms with Crippen molar-refractivity contribution in [2.75, 3.05) is 6.26 Å². The van der Waals surface area contributed by atoms with Crippen molar-refractivity contribution in [1.29, 1.82) is 0 Å². The van der Waals surface area contributed by atoms with Crippen LogP contribution < -0.4 is 0 Å². The highest BCUT2D eigenvalue weighted by molar-refractivity contribution is 7.90. The van der Waals surface area contributed by atoms with Crippen LogP contribution in [0.25, 0.3) is 28.3 Å². The summed E-state index contributed by atoms with van der Waals surface area (Å²) >= 11 is 0. The summed E-state index contributed by atoms with van der Waals surface area (Å²) in [5.74, 6) is 0.746. The molecule has 5 nitrogen and oxygen atoms in total. The Morgan fingerprint density at radius 3 is 2.33 bits per heavy atom. The second-order valence-corrected chi connectivity index (χ2v) is 7.65. The van der Waals surface area contributed by atoms with Crippen LogP contribution in [0.4, 0.5) is 0 Å². The first-order valence-corrected chi connectivity index (χ1v) is 9.34. The number of imidazole rings is 2. The fourth-order valence-electron chi connectivity index (χ4n) is 2.82. The summed E-state index contributed by atoms with van der Waals surface area (Å²) in [6.45, 7) is 0. The Balaban J connectivity index is 1.94. The third kappa shape index (κ3) is 2.41. The van der Waals surface area contributed by atoms with Gasteiger partial charge in [0.25, 0.3) is 0 Å². The van der Waals surface area contributed by atoms with Gasteiger partial charge >= 0.3 is 0 Å². The van der Waals surface area contributed by atoms with E-state index in [2.05, 4.69) is 9.97 Å². The zero-order chi connectivity index (χ0) is 16.7. The monoisotopic (exact) mass is 337 g/mol. The van der Waals surface area contributed by atoms with Gasteiger partial charge in [0.1, 0.15) is 0 Å². The van der Waals surface area contributed by atoms with Gasteiger partial charge in [-0.15, -0.1) is 0 Å². The fourth-order valence-corrected chi connectivity index (χ4v) is 3.46. The van der Waals surface area contributed by atoms with E-state index in [9.17, 15) is 8.42 Å². The molecule has 0 atom stereocenters. The molecule has 0 saturated heterocycles. The van der Waals surface area contributed by atoms with Gasteiger partial charge in [0.15, 0.2) is 9.84 Å². The van der Waals surface area contributed by atoms with Crippen molar-refractivity contribution in [2.24, 2.45) is 0 Å². The van der Waals surface area contributed by atoms with Gasteiger partial charge in [0.2, 0.25) is 5.78 Å². The lowest BCUT2D eigenvalue weighted by Gasteiger charge is -2.06. The van der Waals surface area contributed by atoms with Crippen LogP contribution in [0.2, 0.25) is 0 Å². The Morgan fingerprint density at radius 2 is 1.67 bits per heavy atom. The number of hydrogen-bond donors (Lipinski definition) is 1. The quantitative estimate of drug-likeness (QED) is 0.623. The Hall–Kier alpha value is -2.86. The molecule has 0 bridgehead atoms. The Kier molecular flexibility index (Phi) is 3.28. The smallest absolute Gasteiger partial charge is 0.212 e. The average molecular weight is 337 g/mol. The highest BCUT2D eigenvalue weighted by Crippen LogP contribution is 2.32. The van der Waals surface area contributed by atoms with Gasteiger partial charge in [-0.05, 0) is 12.1 Å². The molecule has 4 rings (SSSR count). The zero-order valence-corrected chi connectivity index (χ0v) is 13.8. The number of aromatic amines is 1. The Labute approximate surface area is 139 Å². The summed E-state index contributed by atoms with van der Waals surface area (Å²) in [4.78, 5) is 7.97. The first kappa shape index (κ1) is 14.7. The van der Waals surface area contributed by atoms with E-state index in [1.807, 2.05) is 53.1 Å². The van der Waals surface area contributed by atoms with Gasteiger partial charge in [0, 0.05) is 29.8 Å². The minimum atomic E-state index is -3.21. The normalized spacial score (nSPS) is 11.9. The van der Waals surface area contributed by atoms with Gasteiger partial charge < -0.3 is 4.98 Å². The van der Waals surface area contributed by atoms with E-state index in [0.717, 1.165) is 28.3 Å². The minimum Gasteiger partial charge on any atom is -0.323 e. The molecular weight excluding hydrogens is 322 g/mol. The minimum absolute atomic E-state index is 0.310. The van der Waals surface area contributed by atoms with Crippen LogP contribution in [-0.2, 0) is 9.84 Å². The molecule has 120 valence electrons. The Morgan fingerprint density at radius 1 is 0.958 bits per heavy atom. The maximum absolute atomic E-state index is 11.7. The van der Waals surface area contributed by atoms with Crippen molar-refractivity contribution in [3.05, 3.63) is 67.0 Å². The molecule has 0 radical (unpaired) electrons. The second-order valence-electron chi connectivity index (χ2n) is 5.63. The number of sulfone groups is 1. The lowest BCUT2D eigenvalue weighted by atomic mass is 10.1. The predicted octanol–water partition coefficient (Wildman–Crippen LogP) is 3.40. The molecule has 0 aliphatic heterocycles. The molecule has 1 N–H and O–H groups in total. The van der Waals surface area contributed by atoms with E-state index in [1.54, 1.807) is 18.3 Å². The molecule has 0 spiro atoms. The predicted molar refractivity (Wildman–Crippen MR) is 93.5 cm³/mol. The number of aromatic nitrogens is 3. The Bertz CT molecular complexity index is 1110. The van der Waals surface area contributed by atoms with Crippen LogP contribution in [0.1, 0.15) is 0 Å². The molecule has 0 aliphatic rings. The zero-order valence-electron chi connectivity index (χ0n) is 13.0. The van der Waals surface area contributed by atoms with E-state index in [1.165, 1.54) is 6.26 Å². The van der Waals surface area contributed by atoms with Gasteiger partial charge in [0.05, 0.1) is 16.3 Å². The summed E-state index contributed by atoms with van der Waals surface area (Å²) in [7, 11) is -3.21. The highest BCUT2D eigenvalue weighted by Gasteiger charge is 2.16. The van der Waals surface area contributed by atoms with Crippen molar-refractivity contribution in [3.63, 3.8) is 0 Å². The molecule has 4 aromatic rings. The lowest BCUT2D eigenvalue weighted by Crippen LogP contribution is -1.96. The maximum Gasteiger partial charge on any atom is 0.212 e. The summed E-state index contributed by atoms with van der Waals surface area (Å²) in [6, 6.07) is 16.9. The lowest BCUT2D eigenvalue weighted by molar-refractivity contribution is 0.602. The second kappa shape index (κ2) is 5.35. The maximum atomic E-state index is 11.7. The fraction of sp³-hybridized carbons (Fsp3) is 0.0556. The number of nitrogens with one attached hydrogen (secondary N) is 1. The van der Waals surface area contributed by atoms with E-state index in [0.29, 0.717) is 4.90 Å². The molecule has 24 heavy (non-hydrogen) atoms. The van der Waals surface area contributed by atoms with E-state index < -0.39 is 9.84 Å². The largest absolute Gasteiger partial charge is 0.323 e. The number of nitrogens with zero attached hydrogens (tertiary/aromatic N) is 2. The number of rotatable bonds is 3. The number of hydrogen-bond acceptors (Lipinski definition) is 3. The van der Waals surface area contributed by atoms with Crippen LogP contribution in [-0.4, -0.2) is 29.0 Å². The summed E-state index contributed by atoms with van der Waals surface area (Å²) in [6.07, 6.45) is 4.83. The van der Waals surface area contributed by atoms with Crippen LogP contribution in [0.5, 0.6) is 0 Å². The van der Waals surface area contributed by atoms with E-state index >= 15 is 0 Å². The van der Waals surface area contributed by atoms with Gasteiger partial charge in [-0.1, -0.05) is 42.5 Å². The van der Waals surface area contributed by atoms with Crippen LogP contribution in [0.3, 0.4) is 0 Å². The van der Waals surface area contributed by atoms with Crippen LogP contribution in [0.15, 0.2) is 71.9 Å². The third-order valence-electron chi connectivity index (χ3n) is 3.97. The SMILES string of the molecule is CS(=O)(=O)c1ccc(-c2c(-c3ccccc3)[nH]c3nccn23)cc1. The van der Waals surface area contributed by atoms with Crippen LogP contribution >= 0.6 is 0 Å². The van der Waals surface area contributed by atoms with E-state index in [-0.39, 0.29) is 0 Å². The van der Waals surface area contributed by atoms with Crippen molar-refractivity contribution >= 4 is 15.6 Å². The van der Waals surface area contributed by atoms with Crippen molar-refractivity contribution in [2.45, 2.75) is 4.90 Å². The molecule has 0 aliphatic carbocycles. The summed E-state index contributed by atoms with van der Waals surface area (Å²) < 4.78 is 25.3. The number of H-pyrrole nitrogens is 1. The molecule has 0 saturated carbocycles. The number of benzene rings is 2.